The van der Waals surface area contributed by atoms with Crippen LogP contribution in [0.3, 0.4) is 0 Å². The maximum Gasteiger partial charge on any atom is 0.227 e. The van der Waals surface area contributed by atoms with Crippen molar-refractivity contribution in [3.05, 3.63) is 0 Å². The molecular formula is C8H15N3O3S. The number of rotatable bonds is 4. The molecule has 1 aliphatic rings. The molecule has 0 unspecified atom stereocenters. The van der Waals surface area contributed by atoms with Gasteiger partial charge in [0.25, 0.3) is 0 Å². The van der Waals surface area contributed by atoms with E-state index in [4.69, 9.17) is 10.4 Å². The molecule has 7 heteroatoms. The summed E-state index contributed by atoms with van der Waals surface area (Å²) in [6, 6.07) is 1.66. The van der Waals surface area contributed by atoms with Gasteiger partial charge in [-0.15, -0.1) is 0 Å². The van der Waals surface area contributed by atoms with Gasteiger partial charge in [0.15, 0.2) is 5.75 Å². The van der Waals surface area contributed by atoms with E-state index in [1.165, 1.54) is 4.31 Å². The Morgan fingerprint density at radius 2 is 1.87 bits per heavy atom. The highest BCUT2D eigenvalue weighted by atomic mass is 32.2. The minimum Gasteiger partial charge on any atom is -0.395 e. The first-order valence-corrected chi connectivity index (χ1v) is 6.39. The Hall–Kier alpha value is -0.680. The first-order chi connectivity index (χ1) is 7.10. The van der Waals surface area contributed by atoms with Crippen molar-refractivity contribution in [1.29, 1.82) is 5.26 Å². The zero-order valence-electron chi connectivity index (χ0n) is 8.46. The van der Waals surface area contributed by atoms with Gasteiger partial charge in [0.05, 0.1) is 12.7 Å². The molecule has 0 saturated carbocycles. The van der Waals surface area contributed by atoms with Crippen molar-refractivity contribution in [3.8, 4) is 6.07 Å². The summed E-state index contributed by atoms with van der Waals surface area (Å²) in [6.07, 6.45) is 0. The highest BCUT2D eigenvalue weighted by molar-refractivity contribution is 7.89. The predicted octanol–water partition coefficient (Wildman–Crippen LogP) is -1.55. The van der Waals surface area contributed by atoms with Gasteiger partial charge in [-0.3, -0.25) is 4.90 Å². The van der Waals surface area contributed by atoms with Crippen LogP contribution in [-0.4, -0.2) is 67.8 Å². The number of hydrogen-bond acceptors (Lipinski definition) is 5. The second kappa shape index (κ2) is 5.42. The molecule has 0 aromatic carbocycles. The number of aliphatic hydroxyl groups is 1. The van der Waals surface area contributed by atoms with Crippen LogP contribution in [0.5, 0.6) is 0 Å². The predicted molar refractivity (Wildman–Crippen MR) is 54.5 cm³/mol. The Kier molecular flexibility index (Phi) is 4.47. The second-order valence-electron chi connectivity index (χ2n) is 3.38. The first kappa shape index (κ1) is 12.4. The van der Waals surface area contributed by atoms with E-state index < -0.39 is 15.8 Å². The third-order valence-corrected chi connectivity index (χ3v) is 4.03. The van der Waals surface area contributed by atoms with Gasteiger partial charge in [-0.25, -0.2) is 8.42 Å². The maximum absolute atomic E-state index is 11.5. The summed E-state index contributed by atoms with van der Waals surface area (Å²) < 4.78 is 24.3. The molecule has 0 aromatic rings. The van der Waals surface area contributed by atoms with Crippen LogP contribution in [-0.2, 0) is 10.0 Å². The molecule has 0 amide bonds. The summed E-state index contributed by atoms with van der Waals surface area (Å²) in [5.41, 5.74) is 0. The standard InChI is InChI=1S/C8H15N3O3S/c9-1-8-15(13,14)11-4-2-10(3-5-11)6-7-12/h12H,2-8H2. The summed E-state index contributed by atoms with van der Waals surface area (Å²) in [5, 5.41) is 17.1. The number of nitriles is 1. The number of β-amino-alcohol motifs (C(OH)–C–C–N with tert-alkyl or cyclic N) is 1. The third-order valence-electron chi connectivity index (χ3n) is 2.39. The van der Waals surface area contributed by atoms with Crippen LogP contribution in [0.4, 0.5) is 0 Å². The fourth-order valence-electron chi connectivity index (χ4n) is 1.55. The van der Waals surface area contributed by atoms with Crippen LogP contribution in [0.15, 0.2) is 0 Å². The molecule has 0 radical (unpaired) electrons. The van der Waals surface area contributed by atoms with Crippen molar-refractivity contribution >= 4 is 10.0 Å². The van der Waals surface area contributed by atoms with E-state index in [1.54, 1.807) is 6.07 Å². The Balaban J connectivity index is 2.47. The molecule has 0 atom stereocenters. The third kappa shape index (κ3) is 3.43. The van der Waals surface area contributed by atoms with Crippen molar-refractivity contribution in [1.82, 2.24) is 9.21 Å². The Labute approximate surface area is 89.8 Å². The number of hydrogen-bond donors (Lipinski definition) is 1. The molecular weight excluding hydrogens is 218 g/mol. The summed E-state index contributed by atoms with van der Waals surface area (Å²) in [6.45, 7) is 2.71. The Morgan fingerprint density at radius 3 is 2.33 bits per heavy atom. The van der Waals surface area contributed by atoms with E-state index in [2.05, 4.69) is 0 Å². The van der Waals surface area contributed by atoms with Crippen molar-refractivity contribution in [2.24, 2.45) is 0 Å². The van der Waals surface area contributed by atoms with Crippen LogP contribution in [0.1, 0.15) is 0 Å². The van der Waals surface area contributed by atoms with Crippen molar-refractivity contribution in [2.75, 3.05) is 45.1 Å². The lowest BCUT2D eigenvalue weighted by molar-refractivity contribution is 0.151. The molecule has 1 heterocycles. The monoisotopic (exact) mass is 233 g/mol. The summed E-state index contributed by atoms with van der Waals surface area (Å²) in [4.78, 5) is 2.00. The van der Waals surface area contributed by atoms with Gasteiger partial charge in [0, 0.05) is 32.7 Å². The lowest BCUT2D eigenvalue weighted by Crippen LogP contribution is -2.49. The topological polar surface area (TPSA) is 84.6 Å². The van der Waals surface area contributed by atoms with Crippen molar-refractivity contribution < 1.29 is 13.5 Å². The number of piperazine rings is 1. The van der Waals surface area contributed by atoms with E-state index in [0.717, 1.165) is 0 Å². The lowest BCUT2D eigenvalue weighted by Gasteiger charge is -2.32. The number of aliphatic hydroxyl groups excluding tert-OH is 1. The van der Waals surface area contributed by atoms with E-state index in [0.29, 0.717) is 32.7 Å². The zero-order chi connectivity index (χ0) is 11.3. The summed E-state index contributed by atoms with van der Waals surface area (Å²) in [5.74, 6) is -0.451. The van der Waals surface area contributed by atoms with E-state index in [9.17, 15) is 8.42 Å². The minimum absolute atomic E-state index is 0.0882. The summed E-state index contributed by atoms with van der Waals surface area (Å²) in [7, 11) is -3.39. The van der Waals surface area contributed by atoms with Crippen molar-refractivity contribution in [3.63, 3.8) is 0 Å². The van der Waals surface area contributed by atoms with Crippen LogP contribution >= 0.6 is 0 Å². The average Bonchev–Trinajstić information content (AvgIpc) is 2.19. The van der Waals surface area contributed by atoms with Crippen LogP contribution in [0, 0.1) is 11.3 Å². The first-order valence-electron chi connectivity index (χ1n) is 4.78. The quantitative estimate of drug-likeness (QED) is 0.635. The Bertz CT molecular complexity index is 328. The highest BCUT2D eigenvalue weighted by Crippen LogP contribution is 2.07. The second-order valence-corrected chi connectivity index (χ2v) is 5.35. The maximum atomic E-state index is 11.5. The molecule has 0 bridgehead atoms. The molecule has 0 spiro atoms. The SMILES string of the molecule is N#CCS(=O)(=O)N1CCN(CCO)CC1. The zero-order valence-corrected chi connectivity index (χ0v) is 9.28. The molecule has 0 aromatic heterocycles. The van der Waals surface area contributed by atoms with E-state index >= 15 is 0 Å². The van der Waals surface area contributed by atoms with Gasteiger partial charge >= 0.3 is 0 Å². The van der Waals surface area contributed by atoms with Gasteiger partial charge in [-0.05, 0) is 0 Å². The largest absolute Gasteiger partial charge is 0.395 e. The number of nitrogens with zero attached hydrogens (tertiary/aromatic N) is 3. The van der Waals surface area contributed by atoms with Gasteiger partial charge in [-0.2, -0.15) is 9.57 Å². The molecule has 0 aliphatic carbocycles. The number of sulfonamides is 1. The van der Waals surface area contributed by atoms with Crippen LogP contribution in [0.25, 0.3) is 0 Å². The fraction of sp³-hybridized carbons (Fsp3) is 0.875. The lowest BCUT2D eigenvalue weighted by atomic mass is 10.4. The summed E-state index contributed by atoms with van der Waals surface area (Å²) >= 11 is 0. The molecule has 1 aliphatic heterocycles. The van der Waals surface area contributed by atoms with Crippen LogP contribution < -0.4 is 0 Å². The van der Waals surface area contributed by atoms with Gasteiger partial charge < -0.3 is 5.11 Å². The normalized spacial score (nSPS) is 20.0. The molecule has 1 saturated heterocycles. The van der Waals surface area contributed by atoms with Crippen molar-refractivity contribution in [2.45, 2.75) is 0 Å². The molecule has 1 rings (SSSR count). The fourth-order valence-corrected chi connectivity index (χ4v) is 2.61. The van der Waals surface area contributed by atoms with Gasteiger partial charge in [-0.1, -0.05) is 0 Å². The molecule has 15 heavy (non-hydrogen) atoms. The minimum atomic E-state index is -3.39. The Morgan fingerprint density at radius 1 is 1.27 bits per heavy atom. The van der Waals surface area contributed by atoms with E-state index in [-0.39, 0.29) is 6.61 Å². The average molecular weight is 233 g/mol. The van der Waals surface area contributed by atoms with Crippen LogP contribution in [0.2, 0.25) is 0 Å². The molecule has 86 valence electrons. The highest BCUT2D eigenvalue weighted by Gasteiger charge is 2.26. The smallest absolute Gasteiger partial charge is 0.227 e. The van der Waals surface area contributed by atoms with E-state index in [1.807, 2.05) is 4.90 Å². The molecule has 6 nitrogen and oxygen atoms in total. The molecule has 1 fully saturated rings. The molecule has 1 N–H and O–H groups in total. The van der Waals surface area contributed by atoms with Gasteiger partial charge in [0.1, 0.15) is 0 Å². The van der Waals surface area contributed by atoms with Gasteiger partial charge in [0.2, 0.25) is 10.0 Å².